The Kier molecular flexibility index (Phi) is 5.69. The van der Waals surface area contributed by atoms with Crippen molar-refractivity contribution >= 4 is 23.4 Å². The minimum absolute atomic E-state index is 0.125. The summed E-state index contributed by atoms with van der Waals surface area (Å²) in [6.45, 7) is 1.94. The van der Waals surface area contributed by atoms with Crippen LogP contribution in [0.25, 0.3) is 0 Å². The second kappa shape index (κ2) is 7.74. The van der Waals surface area contributed by atoms with Crippen LogP contribution in [0, 0.1) is 0 Å². The Bertz CT molecular complexity index is 586. The maximum atomic E-state index is 12.3. The van der Waals surface area contributed by atoms with E-state index in [-0.39, 0.29) is 5.91 Å². The highest BCUT2D eigenvalue weighted by Crippen LogP contribution is 2.20. The number of benzene rings is 2. The molecule has 0 aromatic heterocycles. The molecule has 0 unspecified atom stereocenters. The number of hydrogen-bond donors (Lipinski definition) is 1. The maximum Gasteiger partial charge on any atom is 0.265 e. The molecule has 3 nitrogen and oxygen atoms in total. The molecular formula is C17H19NO2S. The fraction of sp³-hybridized carbons (Fsp3) is 0.235. The molecule has 1 atom stereocenters. The van der Waals surface area contributed by atoms with Crippen molar-refractivity contribution in [3.63, 3.8) is 0 Å². The maximum absolute atomic E-state index is 12.3. The summed E-state index contributed by atoms with van der Waals surface area (Å²) < 4.78 is 5.74. The van der Waals surface area contributed by atoms with Crippen LogP contribution >= 0.6 is 11.8 Å². The van der Waals surface area contributed by atoms with Crippen LogP contribution in [0.1, 0.15) is 13.3 Å². The van der Waals surface area contributed by atoms with Crippen molar-refractivity contribution in [1.29, 1.82) is 0 Å². The topological polar surface area (TPSA) is 38.3 Å². The molecule has 0 saturated heterocycles. The summed E-state index contributed by atoms with van der Waals surface area (Å²) in [6, 6.07) is 17.2. The van der Waals surface area contributed by atoms with Crippen LogP contribution < -0.4 is 10.1 Å². The Morgan fingerprint density at radius 3 is 2.62 bits per heavy atom. The van der Waals surface area contributed by atoms with Gasteiger partial charge < -0.3 is 10.1 Å². The van der Waals surface area contributed by atoms with E-state index in [2.05, 4.69) is 5.32 Å². The van der Waals surface area contributed by atoms with Crippen molar-refractivity contribution in [3.05, 3.63) is 54.6 Å². The molecule has 1 amide bonds. The first-order chi connectivity index (χ1) is 10.2. The number of thioether (sulfide) groups is 1. The summed E-state index contributed by atoms with van der Waals surface area (Å²) in [4.78, 5) is 13.4. The van der Waals surface area contributed by atoms with Crippen LogP contribution in [-0.4, -0.2) is 18.3 Å². The molecular weight excluding hydrogens is 282 g/mol. The van der Waals surface area contributed by atoms with Gasteiger partial charge in [-0.2, -0.15) is 0 Å². The summed E-state index contributed by atoms with van der Waals surface area (Å²) >= 11 is 1.64. The monoisotopic (exact) mass is 301 g/mol. The van der Waals surface area contributed by atoms with E-state index >= 15 is 0 Å². The highest BCUT2D eigenvalue weighted by Gasteiger charge is 2.18. The lowest BCUT2D eigenvalue weighted by Gasteiger charge is -2.17. The van der Waals surface area contributed by atoms with Crippen LogP contribution in [-0.2, 0) is 4.79 Å². The molecule has 4 heteroatoms. The van der Waals surface area contributed by atoms with Gasteiger partial charge >= 0.3 is 0 Å². The van der Waals surface area contributed by atoms with E-state index in [0.29, 0.717) is 12.2 Å². The van der Waals surface area contributed by atoms with Crippen molar-refractivity contribution in [2.45, 2.75) is 24.3 Å². The van der Waals surface area contributed by atoms with Gasteiger partial charge in [0.05, 0.1) is 0 Å². The Hall–Kier alpha value is -1.94. The van der Waals surface area contributed by atoms with Crippen molar-refractivity contribution in [1.82, 2.24) is 0 Å². The second-order valence-corrected chi connectivity index (χ2v) is 5.43. The van der Waals surface area contributed by atoms with E-state index in [1.54, 1.807) is 11.8 Å². The predicted octanol–water partition coefficient (Wildman–Crippen LogP) is 4.20. The highest BCUT2D eigenvalue weighted by atomic mass is 32.2. The van der Waals surface area contributed by atoms with Crippen molar-refractivity contribution in [2.75, 3.05) is 11.6 Å². The van der Waals surface area contributed by atoms with Gasteiger partial charge in [-0.15, -0.1) is 11.8 Å². The first-order valence-corrected chi connectivity index (χ1v) is 8.12. The lowest BCUT2D eigenvalue weighted by molar-refractivity contribution is -0.122. The number of carbonyl (C=O) groups is 1. The zero-order valence-corrected chi connectivity index (χ0v) is 13.0. The number of hydrogen-bond acceptors (Lipinski definition) is 3. The third-order valence-corrected chi connectivity index (χ3v) is 3.75. The number of carbonyl (C=O) groups excluding carboxylic acids is 1. The molecule has 110 valence electrons. The smallest absolute Gasteiger partial charge is 0.265 e. The van der Waals surface area contributed by atoms with E-state index in [1.807, 2.05) is 67.8 Å². The summed E-state index contributed by atoms with van der Waals surface area (Å²) in [5.74, 6) is 0.581. The van der Waals surface area contributed by atoms with Gasteiger partial charge in [-0.25, -0.2) is 0 Å². The predicted molar refractivity (Wildman–Crippen MR) is 88.0 cm³/mol. The normalized spacial score (nSPS) is 11.7. The number of ether oxygens (including phenoxy) is 1. The van der Waals surface area contributed by atoms with Gasteiger partial charge in [0.15, 0.2) is 6.10 Å². The van der Waals surface area contributed by atoms with Crippen LogP contribution in [0.3, 0.4) is 0 Å². The van der Waals surface area contributed by atoms with Crippen molar-refractivity contribution in [2.24, 2.45) is 0 Å². The lowest BCUT2D eigenvalue weighted by atomic mass is 10.2. The van der Waals surface area contributed by atoms with Crippen LogP contribution in [0.2, 0.25) is 0 Å². The number of nitrogens with one attached hydrogen (secondary N) is 1. The molecule has 2 aromatic carbocycles. The van der Waals surface area contributed by atoms with Crippen LogP contribution in [0.4, 0.5) is 5.69 Å². The molecule has 2 aromatic rings. The highest BCUT2D eigenvalue weighted by molar-refractivity contribution is 7.98. The zero-order valence-electron chi connectivity index (χ0n) is 12.2. The second-order valence-electron chi connectivity index (χ2n) is 4.55. The molecule has 2 rings (SSSR count). The van der Waals surface area contributed by atoms with Gasteiger partial charge in [-0.1, -0.05) is 31.2 Å². The van der Waals surface area contributed by atoms with E-state index in [0.717, 1.165) is 10.6 Å². The summed E-state index contributed by atoms with van der Waals surface area (Å²) in [5.41, 5.74) is 0.793. The molecule has 0 aliphatic heterocycles. The minimum Gasteiger partial charge on any atom is -0.481 e. The average Bonchev–Trinajstić information content (AvgIpc) is 2.53. The molecule has 0 fully saturated rings. The molecule has 0 spiro atoms. The summed E-state index contributed by atoms with van der Waals surface area (Å²) in [5, 5.41) is 2.91. The van der Waals surface area contributed by atoms with Gasteiger partial charge in [-0.3, -0.25) is 4.79 Å². The largest absolute Gasteiger partial charge is 0.481 e. The molecule has 21 heavy (non-hydrogen) atoms. The summed E-state index contributed by atoms with van der Waals surface area (Å²) in [6.07, 6.45) is 2.13. The number of anilines is 1. The molecule has 0 aliphatic rings. The van der Waals surface area contributed by atoms with E-state index in [9.17, 15) is 4.79 Å². The Morgan fingerprint density at radius 2 is 1.95 bits per heavy atom. The van der Waals surface area contributed by atoms with Gasteiger partial charge in [0.1, 0.15) is 5.75 Å². The molecule has 0 radical (unpaired) electrons. The quantitative estimate of drug-likeness (QED) is 0.812. The Labute approximate surface area is 129 Å². The minimum atomic E-state index is -0.495. The van der Waals surface area contributed by atoms with Gasteiger partial charge in [0.2, 0.25) is 0 Å². The standard InChI is InChI=1S/C17H19NO2S/c1-3-16(20-14-9-5-4-6-10-14)17(19)18-13-8-7-11-15(12-13)21-2/h4-12,16H,3H2,1-2H3,(H,18,19)/t16-/m0/s1. The van der Waals surface area contributed by atoms with E-state index in [1.165, 1.54) is 0 Å². The van der Waals surface area contributed by atoms with Crippen LogP contribution in [0.15, 0.2) is 59.5 Å². The third kappa shape index (κ3) is 4.53. The fourth-order valence-electron chi connectivity index (χ4n) is 1.91. The first-order valence-electron chi connectivity index (χ1n) is 6.89. The molecule has 0 heterocycles. The molecule has 0 bridgehead atoms. The van der Waals surface area contributed by atoms with Crippen molar-refractivity contribution < 1.29 is 9.53 Å². The fourth-order valence-corrected chi connectivity index (χ4v) is 2.37. The Morgan fingerprint density at radius 1 is 1.19 bits per heavy atom. The van der Waals surface area contributed by atoms with E-state index < -0.39 is 6.10 Å². The third-order valence-electron chi connectivity index (χ3n) is 3.02. The molecule has 1 N–H and O–H groups in total. The molecule has 0 saturated carbocycles. The van der Waals surface area contributed by atoms with Gasteiger partial charge in [-0.05, 0) is 43.0 Å². The zero-order chi connectivity index (χ0) is 15.1. The average molecular weight is 301 g/mol. The summed E-state index contributed by atoms with van der Waals surface area (Å²) in [7, 11) is 0. The van der Waals surface area contributed by atoms with Gasteiger partial charge in [0, 0.05) is 10.6 Å². The van der Waals surface area contributed by atoms with E-state index in [4.69, 9.17) is 4.74 Å². The molecule has 0 aliphatic carbocycles. The lowest BCUT2D eigenvalue weighted by Crippen LogP contribution is -2.32. The van der Waals surface area contributed by atoms with Crippen molar-refractivity contribution in [3.8, 4) is 5.75 Å². The first kappa shape index (κ1) is 15.4. The Balaban J connectivity index is 2.02. The number of rotatable bonds is 6. The number of amides is 1. The number of para-hydroxylation sites is 1. The van der Waals surface area contributed by atoms with Gasteiger partial charge in [0.25, 0.3) is 5.91 Å². The van der Waals surface area contributed by atoms with Crippen LogP contribution in [0.5, 0.6) is 5.75 Å². The SMILES string of the molecule is CC[C@H](Oc1ccccc1)C(=O)Nc1cccc(SC)c1.